The van der Waals surface area contributed by atoms with E-state index >= 15 is 0 Å². The number of aldehydes is 1. The molecule has 0 N–H and O–H groups in total. The van der Waals surface area contributed by atoms with E-state index < -0.39 is 9.85 Å². The molecule has 10 nitrogen and oxygen atoms in total. The number of nitrogens with zero attached hydrogens (tertiary/aromatic N) is 2. The lowest BCUT2D eigenvalue weighted by Gasteiger charge is -2.13. The van der Waals surface area contributed by atoms with Crippen LogP contribution in [0.4, 0.5) is 11.4 Å². The van der Waals surface area contributed by atoms with Crippen LogP contribution in [0.15, 0.2) is 84.9 Å². The molecule has 0 amide bonds. The molecule has 0 spiro atoms. The minimum atomic E-state index is -0.600. The molecule has 198 valence electrons. The minimum absolute atomic E-state index is 0.0568. The standard InChI is InChI=1S/C29H24N2O8/c1-20-13-23(18-39-28-11-7-22(16-32)14-25(28)30(33)34)8-10-27(20)37-19-24-9-12-29(26(15-24)31(35)36)38-17-21-5-3-2-4-6-21/h2-16H,17-19H2,1H3. The van der Waals surface area contributed by atoms with Crippen LogP contribution in [0, 0.1) is 27.2 Å². The van der Waals surface area contributed by atoms with Crippen LogP contribution in [0.25, 0.3) is 0 Å². The zero-order chi connectivity index (χ0) is 27.8. The summed E-state index contributed by atoms with van der Waals surface area (Å²) in [6.45, 7) is 2.22. The molecule has 0 aliphatic rings. The van der Waals surface area contributed by atoms with Gasteiger partial charge in [-0.3, -0.25) is 25.0 Å². The zero-order valence-corrected chi connectivity index (χ0v) is 20.9. The number of rotatable bonds is 12. The summed E-state index contributed by atoms with van der Waals surface area (Å²) in [5.41, 5.74) is 2.80. The lowest BCUT2D eigenvalue weighted by atomic mass is 10.1. The van der Waals surface area contributed by atoms with Gasteiger partial charge in [0.25, 0.3) is 0 Å². The molecule has 0 saturated carbocycles. The Morgan fingerprint density at radius 1 is 0.641 bits per heavy atom. The maximum atomic E-state index is 11.6. The van der Waals surface area contributed by atoms with Crippen LogP contribution < -0.4 is 14.2 Å². The maximum absolute atomic E-state index is 11.6. The molecule has 39 heavy (non-hydrogen) atoms. The molecule has 10 heteroatoms. The van der Waals surface area contributed by atoms with E-state index in [2.05, 4.69) is 0 Å². The van der Waals surface area contributed by atoms with Crippen molar-refractivity contribution >= 4 is 17.7 Å². The Labute approximate surface area is 223 Å². The van der Waals surface area contributed by atoms with Gasteiger partial charge in [0.2, 0.25) is 0 Å². The number of benzene rings is 4. The predicted octanol–water partition coefficient (Wildman–Crippen LogP) is 6.36. The first kappa shape index (κ1) is 26.8. The lowest BCUT2D eigenvalue weighted by molar-refractivity contribution is -0.386. The van der Waals surface area contributed by atoms with Gasteiger partial charge < -0.3 is 14.2 Å². The highest BCUT2D eigenvalue weighted by atomic mass is 16.6. The van der Waals surface area contributed by atoms with Crippen LogP contribution in [0.3, 0.4) is 0 Å². The van der Waals surface area contributed by atoms with Crippen molar-refractivity contribution in [1.29, 1.82) is 0 Å². The Morgan fingerprint density at radius 2 is 1.15 bits per heavy atom. The van der Waals surface area contributed by atoms with Crippen LogP contribution in [0.1, 0.15) is 32.6 Å². The average molecular weight is 529 g/mol. The van der Waals surface area contributed by atoms with Gasteiger partial charge in [-0.1, -0.05) is 42.5 Å². The first-order chi connectivity index (χ1) is 18.8. The smallest absolute Gasteiger partial charge is 0.311 e. The normalized spacial score (nSPS) is 10.5. The second-order valence-corrected chi connectivity index (χ2v) is 8.61. The second kappa shape index (κ2) is 12.3. The molecule has 0 unspecified atom stereocenters. The van der Waals surface area contributed by atoms with E-state index in [0.29, 0.717) is 17.6 Å². The summed E-state index contributed by atoms with van der Waals surface area (Å²) in [7, 11) is 0. The summed E-state index contributed by atoms with van der Waals surface area (Å²) >= 11 is 0. The SMILES string of the molecule is Cc1cc(COc2ccc(C=O)cc2[N+](=O)[O-])ccc1OCc1ccc(OCc2ccccc2)c([N+](=O)[O-])c1. The van der Waals surface area contributed by atoms with Crippen molar-refractivity contribution in [2.24, 2.45) is 0 Å². The Hall–Kier alpha value is -5.25. The largest absolute Gasteiger partial charge is 0.489 e. The van der Waals surface area contributed by atoms with Gasteiger partial charge in [0, 0.05) is 17.7 Å². The molecular weight excluding hydrogens is 504 g/mol. The number of ether oxygens (including phenoxy) is 3. The second-order valence-electron chi connectivity index (χ2n) is 8.61. The molecule has 0 aromatic heterocycles. The molecule has 0 aliphatic carbocycles. The molecule has 4 rings (SSSR count). The molecule has 4 aromatic rings. The summed E-state index contributed by atoms with van der Waals surface area (Å²) in [5, 5.41) is 22.9. The van der Waals surface area contributed by atoms with Crippen molar-refractivity contribution < 1.29 is 28.9 Å². The summed E-state index contributed by atoms with van der Waals surface area (Å²) in [6.07, 6.45) is 0.533. The maximum Gasteiger partial charge on any atom is 0.311 e. The highest BCUT2D eigenvalue weighted by Crippen LogP contribution is 2.31. The quantitative estimate of drug-likeness (QED) is 0.118. The highest BCUT2D eigenvalue weighted by Gasteiger charge is 2.18. The van der Waals surface area contributed by atoms with Crippen molar-refractivity contribution in [3.63, 3.8) is 0 Å². The lowest BCUT2D eigenvalue weighted by Crippen LogP contribution is -2.03. The van der Waals surface area contributed by atoms with Crippen LogP contribution in [-0.2, 0) is 19.8 Å². The fraction of sp³-hybridized carbons (Fsp3) is 0.138. The van der Waals surface area contributed by atoms with E-state index in [0.717, 1.165) is 22.8 Å². The number of hydrogen-bond acceptors (Lipinski definition) is 8. The Kier molecular flexibility index (Phi) is 8.47. The fourth-order valence-corrected chi connectivity index (χ4v) is 3.81. The first-order valence-electron chi connectivity index (χ1n) is 11.9. The van der Waals surface area contributed by atoms with Gasteiger partial charge in [0.1, 0.15) is 31.9 Å². The molecule has 0 aliphatic heterocycles. The first-order valence-corrected chi connectivity index (χ1v) is 11.9. The number of carbonyl (C=O) groups is 1. The molecule has 0 atom stereocenters. The molecule has 0 bridgehead atoms. The van der Waals surface area contributed by atoms with Crippen LogP contribution in [-0.4, -0.2) is 16.1 Å². The third-order valence-electron chi connectivity index (χ3n) is 5.80. The van der Waals surface area contributed by atoms with Gasteiger partial charge in [-0.25, -0.2) is 0 Å². The third-order valence-corrected chi connectivity index (χ3v) is 5.80. The number of aryl methyl sites for hydroxylation is 1. The third kappa shape index (κ3) is 6.95. The Balaban J connectivity index is 1.39. The van der Waals surface area contributed by atoms with Gasteiger partial charge in [-0.2, -0.15) is 0 Å². The molecular formula is C29H24N2O8. The van der Waals surface area contributed by atoms with E-state index in [-0.39, 0.29) is 48.3 Å². The van der Waals surface area contributed by atoms with Crippen molar-refractivity contribution in [1.82, 2.24) is 0 Å². The van der Waals surface area contributed by atoms with Crippen LogP contribution >= 0.6 is 0 Å². The van der Waals surface area contributed by atoms with Crippen LogP contribution in [0.2, 0.25) is 0 Å². The summed E-state index contributed by atoms with van der Waals surface area (Å²) in [6, 6.07) is 23.4. The molecule has 0 heterocycles. The van der Waals surface area contributed by atoms with Crippen molar-refractivity contribution in [2.45, 2.75) is 26.7 Å². The van der Waals surface area contributed by atoms with Crippen molar-refractivity contribution in [2.75, 3.05) is 0 Å². The van der Waals surface area contributed by atoms with E-state index in [1.807, 2.05) is 43.3 Å². The monoisotopic (exact) mass is 528 g/mol. The summed E-state index contributed by atoms with van der Waals surface area (Å²) in [4.78, 5) is 32.8. The zero-order valence-electron chi connectivity index (χ0n) is 20.9. The van der Waals surface area contributed by atoms with Gasteiger partial charge in [0.05, 0.1) is 9.85 Å². The van der Waals surface area contributed by atoms with Crippen molar-refractivity contribution in [3.05, 3.63) is 133 Å². The molecule has 0 radical (unpaired) electrons. The van der Waals surface area contributed by atoms with E-state index in [9.17, 15) is 25.0 Å². The topological polar surface area (TPSA) is 131 Å². The van der Waals surface area contributed by atoms with E-state index in [4.69, 9.17) is 14.2 Å². The molecule has 0 fully saturated rings. The van der Waals surface area contributed by atoms with E-state index in [1.165, 1.54) is 18.2 Å². The van der Waals surface area contributed by atoms with Gasteiger partial charge in [-0.15, -0.1) is 0 Å². The molecule has 4 aromatic carbocycles. The highest BCUT2D eigenvalue weighted by molar-refractivity contribution is 5.77. The van der Waals surface area contributed by atoms with Gasteiger partial charge in [0.15, 0.2) is 11.5 Å². The fourth-order valence-electron chi connectivity index (χ4n) is 3.81. The Bertz CT molecular complexity index is 1500. The number of carbonyl (C=O) groups excluding carboxylic acids is 1. The minimum Gasteiger partial charge on any atom is -0.489 e. The van der Waals surface area contributed by atoms with E-state index in [1.54, 1.807) is 24.3 Å². The number of nitro benzene ring substituents is 2. The average Bonchev–Trinajstić information content (AvgIpc) is 2.95. The van der Waals surface area contributed by atoms with Gasteiger partial charge >= 0.3 is 11.4 Å². The van der Waals surface area contributed by atoms with Crippen LogP contribution in [0.5, 0.6) is 17.2 Å². The van der Waals surface area contributed by atoms with Gasteiger partial charge in [-0.05, 0) is 59.5 Å². The number of hydrogen-bond donors (Lipinski definition) is 0. The predicted molar refractivity (Wildman–Crippen MR) is 142 cm³/mol. The Morgan fingerprint density at radius 3 is 1.74 bits per heavy atom. The summed E-state index contributed by atoms with van der Waals surface area (Å²) in [5.74, 6) is 0.808. The molecule has 0 saturated heterocycles. The summed E-state index contributed by atoms with van der Waals surface area (Å²) < 4.78 is 17.2. The number of nitro groups is 2. The van der Waals surface area contributed by atoms with Crippen molar-refractivity contribution in [3.8, 4) is 17.2 Å².